The Morgan fingerprint density at radius 3 is 2.85 bits per heavy atom. The highest BCUT2D eigenvalue weighted by molar-refractivity contribution is 6.29. The average Bonchev–Trinajstić information content (AvgIpc) is 2.15. The first kappa shape index (κ1) is 10.2. The summed E-state index contributed by atoms with van der Waals surface area (Å²) in [5.41, 5.74) is 12.0. The molecular weight excluding hydrogens is 190 g/mol. The second-order valence-corrected chi connectivity index (χ2v) is 3.00. The Morgan fingerprint density at radius 1 is 1.62 bits per heavy atom. The number of halogens is 1. The third-order valence-corrected chi connectivity index (χ3v) is 1.88. The first-order valence-electron chi connectivity index (χ1n) is 3.84. The van der Waals surface area contributed by atoms with Crippen molar-refractivity contribution in [2.45, 2.75) is 6.04 Å². The summed E-state index contributed by atoms with van der Waals surface area (Å²) in [6.07, 6.45) is 0. The van der Waals surface area contributed by atoms with Crippen molar-refractivity contribution in [1.82, 2.24) is 4.98 Å². The van der Waals surface area contributed by atoms with Crippen LogP contribution in [0.2, 0.25) is 5.15 Å². The van der Waals surface area contributed by atoms with Gasteiger partial charge in [-0.2, -0.15) is 0 Å². The number of pyridine rings is 1. The van der Waals surface area contributed by atoms with E-state index >= 15 is 0 Å². The number of nitrogens with zero attached hydrogens (tertiary/aromatic N) is 1. The van der Waals surface area contributed by atoms with Crippen LogP contribution in [0.15, 0.2) is 12.1 Å². The lowest BCUT2D eigenvalue weighted by atomic mass is 10.1. The van der Waals surface area contributed by atoms with Gasteiger partial charge >= 0.3 is 0 Å². The summed E-state index contributed by atoms with van der Waals surface area (Å²) in [7, 11) is 1.52. The van der Waals surface area contributed by atoms with Crippen LogP contribution in [0, 0.1) is 0 Å². The van der Waals surface area contributed by atoms with Gasteiger partial charge in [0.05, 0.1) is 7.11 Å². The Hall–Kier alpha value is -0.840. The van der Waals surface area contributed by atoms with Crippen molar-refractivity contribution in [1.29, 1.82) is 0 Å². The molecule has 0 spiro atoms. The lowest BCUT2D eigenvalue weighted by Crippen LogP contribution is -2.20. The summed E-state index contributed by atoms with van der Waals surface area (Å²) in [5, 5.41) is 0.359. The van der Waals surface area contributed by atoms with Gasteiger partial charge in [0.25, 0.3) is 0 Å². The van der Waals surface area contributed by atoms with Crippen molar-refractivity contribution in [3.8, 4) is 5.88 Å². The number of ether oxygens (including phenoxy) is 1. The molecule has 0 fully saturated rings. The summed E-state index contributed by atoms with van der Waals surface area (Å²) in [4.78, 5) is 3.92. The molecule has 0 bridgehead atoms. The monoisotopic (exact) mass is 201 g/mol. The zero-order valence-corrected chi connectivity index (χ0v) is 8.08. The molecule has 0 aliphatic heterocycles. The molecule has 0 radical (unpaired) electrons. The molecule has 0 saturated carbocycles. The summed E-state index contributed by atoms with van der Waals surface area (Å²) < 4.78 is 4.94. The van der Waals surface area contributed by atoms with Crippen molar-refractivity contribution < 1.29 is 4.74 Å². The van der Waals surface area contributed by atoms with E-state index < -0.39 is 0 Å². The van der Waals surface area contributed by atoms with E-state index in [1.165, 1.54) is 7.11 Å². The zero-order chi connectivity index (χ0) is 9.84. The van der Waals surface area contributed by atoms with Gasteiger partial charge in [-0.3, -0.25) is 0 Å². The summed E-state index contributed by atoms with van der Waals surface area (Å²) >= 11 is 5.74. The second kappa shape index (κ2) is 4.41. The fourth-order valence-electron chi connectivity index (χ4n) is 0.946. The summed E-state index contributed by atoms with van der Waals surface area (Å²) in [5.74, 6) is 0.450. The molecule has 1 atom stereocenters. The molecule has 0 amide bonds. The number of rotatable bonds is 3. The van der Waals surface area contributed by atoms with Gasteiger partial charge in [0.2, 0.25) is 5.88 Å². The van der Waals surface area contributed by atoms with Crippen LogP contribution in [0.1, 0.15) is 11.6 Å². The minimum atomic E-state index is -0.227. The van der Waals surface area contributed by atoms with Gasteiger partial charge in [0, 0.05) is 18.7 Å². The highest BCUT2D eigenvalue weighted by Crippen LogP contribution is 2.19. The molecule has 72 valence electrons. The lowest BCUT2D eigenvalue weighted by molar-refractivity contribution is 0.397. The predicted molar refractivity (Wildman–Crippen MR) is 51.8 cm³/mol. The van der Waals surface area contributed by atoms with Crippen LogP contribution >= 0.6 is 11.6 Å². The Labute approximate surface area is 81.8 Å². The molecule has 1 aromatic heterocycles. The number of hydrogen-bond acceptors (Lipinski definition) is 4. The van der Waals surface area contributed by atoms with E-state index in [9.17, 15) is 0 Å². The van der Waals surface area contributed by atoms with Gasteiger partial charge in [0.15, 0.2) is 0 Å². The smallest absolute Gasteiger partial charge is 0.214 e. The Balaban J connectivity index is 3.01. The standard InChI is InChI=1S/C8H12ClN3O/c1-13-8-3-5(6(11)4-10)2-7(9)12-8/h2-3,6H,4,10-11H2,1H3. The van der Waals surface area contributed by atoms with Crippen molar-refractivity contribution in [3.63, 3.8) is 0 Å². The first-order chi connectivity index (χ1) is 6.17. The van der Waals surface area contributed by atoms with Gasteiger partial charge in [-0.1, -0.05) is 11.6 Å². The third-order valence-electron chi connectivity index (χ3n) is 1.68. The van der Waals surface area contributed by atoms with E-state index in [0.717, 1.165) is 5.56 Å². The number of nitrogens with two attached hydrogens (primary N) is 2. The molecule has 13 heavy (non-hydrogen) atoms. The van der Waals surface area contributed by atoms with Gasteiger partial charge in [-0.05, 0) is 11.6 Å². The number of methoxy groups -OCH3 is 1. The van der Waals surface area contributed by atoms with E-state index in [0.29, 0.717) is 17.6 Å². The highest BCUT2D eigenvalue weighted by Gasteiger charge is 2.07. The van der Waals surface area contributed by atoms with Crippen LogP contribution in [0.25, 0.3) is 0 Å². The molecule has 1 rings (SSSR count). The average molecular weight is 202 g/mol. The van der Waals surface area contributed by atoms with Gasteiger partial charge in [-0.25, -0.2) is 4.98 Å². The maximum Gasteiger partial charge on any atom is 0.214 e. The zero-order valence-electron chi connectivity index (χ0n) is 7.33. The minimum Gasteiger partial charge on any atom is -0.481 e. The topological polar surface area (TPSA) is 74.2 Å². The number of hydrogen-bond donors (Lipinski definition) is 2. The predicted octanol–water partition coefficient (Wildman–Crippen LogP) is 0.702. The fraction of sp³-hybridized carbons (Fsp3) is 0.375. The molecule has 4 N–H and O–H groups in total. The third kappa shape index (κ3) is 2.55. The van der Waals surface area contributed by atoms with Crippen molar-refractivity contribution >= 4 is 11.6 Å². The van der Waals surface area contributed by atoms with E-state index in [1.807, 2.05) is 0 Å². The molecule has 1 aromatic rings. The SMILES string of the molecule is COc1cc(C(N)CN)cc(Cl)n1. The van der Waals surface area contributed by atoms with E-state index in [4.69, 9.17) is 27.8 Å². The fourth-order valence-corrected chi connectivity index (χ4v) is 1.16. The quantitative estimate of drug-likeness (QED) is 0.707. The van der Waals surface area contributed by atoms with E-state index in [1.54, 1.807) is 12.1 Å². The maximum absolute atomic E-state index is 5.74. The van der Waals surface area contributed by atoms with Gasteiger partial charge in [0.1, 0.15) is 5.15 Å². The van der Waals surface area contributed by atoms with Gasteiger partial charge in [-0.15, -0.1) is 0 Å². The largest absolute Gasteiger partial charge is 0.481 e. The molecule has 1 heterocycles. The molecule has 5 heteroatoms. The minimum absolute atomic E-state index is 0.227. The molecule has 0 aliphatic rings. The Kier molecular flexibility index (Phi) is 3.48. The maximum atomic E-state index is 5.74. The van der Waals surface area contributed by atoms with Crippen LogP contribution in [0.3, 0.4) is 0 Å². The van der Waals surface area contributed by atoms with Crippen LogP contribution in [0.5, 0.6) is 5.88 Å². The lowest BCUT2D eigenvalue weighted by Gasteiger charge is -2.10. The van der Waals surface area contributed by atoms with Crippen molar-refractivity contribution in [2.24, 2.45) is 11.5 Å². The van der Waals surface area contributed by atoms with E-state index in [-0.39, 0.29) is 6.04 Å². The molecule has 1 unspecified atom stereocenters. The highest BCUT2D eigenvalue weighted by atomic mass is 35.5. The summed E-state index contributed by atoms with van der Waals surface area (Å²) in [6, 6.07) is 3.18. The van der Waals surface area contributed by atoms with Crippen LogP contribution < -0.4 is 16.2 Å². The molecular formula is C8H12ClN3O. The number of aromatic nitrogens is 1. The Morgan fingerprint density at radius 2 is 2.31 bits per heavy atom. The first-order valence-corrected chi connectivity index (χ1v) is 4.22. The van der Waals surface area contributed by atoms with Gasteiger partial charge < -0.3 is 16.2 Å². The van der Waals surface area contributed by atoms with E-state index in [2.05, 4.69) is 4.98 Å². The van der Waals surface area contributed by atoms with Crippen LogP contribution in [-0.4, -0.2) is 18.6 Å². The van der Waals surface area contributed by atoms with Crippen LogP contribution in [-0.2, 0) is 0 Å². The van der Waals surface area contributed by atoms with Crippen LogP contribution in [0.4, 0.5) is 0 Å². The molecule has 0 aliphatic carbocycles. The second-order valence-electron chi connectivity index (χ2n) is 2.61. The van der Waals surface area contributed by atoms with Crippen molar-refractivity contribution in [3.05, 3.63) is 22.8 Å². The molecule has 4 nitrogen and oxygen atoms in total. The summed E-state index contributed by atoms with van der Waals surface area (Å²) in [6.45, 7) is 0.365. The normalized spacial score (nSPS) is 12.6. The molecule has 0 aromatic carbocycles. The van der Waals surface area contributed by atoms with Crippen molar-refractivity contribution in [2.75, 3.05) is 13.7 Å². The molecule has 0 saturated heterocycles. The Bertz CT molecular complexity index is 293.